The first kappa shape index (κ1) is 17.3. The molecule has 1 aliphatic rings. The van der Waals surface area contributed by atoms with E-state index in [1.807, 2.05) is 6.92 Å². The summed E-state index contributed by atoms with van der Waals surface area (Å²) in [6.07, 6.45) is -2.43. The summed E-state index contributed by atoms with van der Waals surface area (Å²) in [5.41, 5.74) is 0.135. The smallest absolute Gasteiger partial charge is 0.263 e. The Bertz CT molecular complexity index is 612. The molecule has 126 valence electrons. The predicted octanol–water partition coefficient (Wildman–Crippen LogP) is 2.25. The third-order valence-electron chi connectivity index (χ3n) is 4.06. The van der Waals surface area contributed by atoms with Gasteiger partial charge in [-0.1, -0.05) is 13.8 Å². The molecule has 0 spiro atoms. The topological polar surface area (TPSA) is 55.2 Å². The molecular formula is C13H20F3N3O2S. The molecule has 0 radical (unpaired) electrons. The lowest BCUT2D eigenvalue weighted by atomic mass is 9.90. The number of halogens is 3. The van der Waals surface area contributed by atoms with E-state index in [1.165, 1.54) is 10.4 Å². The minimum Gasteiger partial charge on any atom is -0.263 e. The van der Waals surface area contributed by atoms with Gasteiger partial charge in [-0.05, 0) is 24.3 Å². The van der Waals surface area contributed by atoms with Crippen LogP contribution in [0.3, 0.4) is 0 Å². The Morgan fingerprint density at radius 2 is 2.00 bits per heavy atom. The first-order valence-electron chi connectivity index (χ1n) is 7.14. The highest BCUT2D eigenvalue weighted by Gasteiger charge is 2.32. The lowest BCUT2D eigenvalue weighted by molar-refractivity contribution is -0.142. The quantitative estimate of drug-likeness (QED) is 0.845. The molecule has 9 heteroatoms. The van der Waals surface area contributed by atoms with E-state index >= 15 is 0 Å². The minimum atomic E-state index is -4.37. The Morgan fingerprint density at radius 3 is 2.59 bits per heavy atom. The zero-order valence-corrected chi connectivity index (χ0v) is 13.4. The molecule has 0 bridgehead atoms. The standard InChI is InChI=1S/C13H20F3N3O2S/c1-10-3-6-19(7-11(10)2)22(20,21)8-12-4-5-18(17-12)9-13(14,15)16/h4-5,10-11H,3,6-9H2,1-2H3. The number of alkyl halides is 3. The summed E-state index contributed by atoms with van der Waals surface area (Å²) in [5, 5.41) is 3.70. The summed E-state index contributed by atoms with van der Waals surface area (Å²) in [4.78, 5) is 0. The van der Waals surface area contributed by atoms with Crippen molar-refractivity contribution in [3.63, 3.8) is 0 Å². The minimum absolute atomic E-state index is 0.135. The number of nitrogens with zero attached hydrogens (tertiary/aromatic N) is 3. The summed E-state index contributed by atoms with van der Waals surface area (Å²) in [7, 11) is -3.55. The number of aromatic nitrogens is 2. The molecule has 1 saturated heterocycles. The van der Waals surface area contributed by atoms with E-state index in [-0.39, 0.29) is 17.4 Å². The summed E-state index contributed by atoms with van der Waals surface area (Å²) in [6, 6.07) is 1.32. The molecule has 2 rings (SSSR count). The van der Waals surface area contributed by atoms with E-state index in [9.17, 15) is 21.6 Å². The third-order valence-corrected chi connectivity index (χ3v) is 5.84. The summed E-state index contributed by atoms with van der Waals surface area (Å²) < 4.78 is 63.7. The maximum absolute atomic E-state index is 12.4. The van der Waals surface area contributed by atoms with Crippen molar-refractivity contribution >= 4 is 10.0 Å². The van der Waals surface area contributed by atoms with Gasteiger partial charge in [-0.25, -0.2) is 12.7 Å². The van der Waals surface area contributed by atoms with E-state index in [1.54, 1.807) is 0 Å². The van der Waals surface area contributed by atoms with Gasteiger partial charge in [0.05, 0.1) is 5.69 Å². The average Bonchev–Trinajstić information content (AvgIpc) is 2.76. The van der Waals surface area contributed by atoms with Crippen molar-refractivity contribution in [1.82, 2.24) is 14.1 Å². The van der Waals surface area contributed by atoms with Gasteiger partial charge in [0, 0.05) is 19.3 Å². The number of rotatable bonds is 4. The zero-order valence-electron chi connectivity index (χ0n) is 12.5. The Hall–Kier alpha value is -1.09. The second kappa shape index (κ2) is 6.19. The van der Waals surface area contributed by atoms with Gasteiger partial charge >= 0.3 is 6.18 Å². The highest BCUT2D eigenvalue weighted by Crippen LogP contribution is 2.25. The highest BCUT2D eigenvalue weighted by molar-refractivity contribution is 7.88. The lowest BCUT2D eigenvalue weighted by Gasteiger charge is -2.34. The molecule has 22 heavy (non-hydrogen) atoms. The van der Waals surface area contributed by atoms with Crippen LogP contribution in [0.25, 0.3) is 0 Å². The van der Waals surface area contributed by atoms with Crippen LogP contribution in [0.15, 0.2) is 12.3 Å². The van der Waals surface area contributed by atoms with Gasteiger partial charge in [0.1, 0.15) is 12.3 Å². The van der Waals surface area contributed by atoms with Crippen molar-refractivity contribution in [3.8, 4) is 0 Å². The Balaban J connectivity index is 2.03. The fraction of sp³-hybridized carbons (Fsp3) is 0.769. The van der Waals surface area contributed by atoms with Crippen molar-refractivity contribution in [3.05, 3.63) is 18.0 Å². The van der Waals surface area contributed by atoms with Gasteiger partial charge in [-0.3, -0.25) is 4.68 Å². The van der Waals surface area contributed by atoms with Crippen LogP contribution in [-0.2, 0) is 22.3 Å². The molecule has 1 aromatic rings. The molecule has 1 fully saturated rings. The van der Waals surface area contributed by atoms with Crippen LogP contribution < -0.4 is 0 Å². The SMILES string of the molecule is CC1CCN(S(=O)(=O)Cc2ccn(CC(F)(F)F)n2)CC1C. The second-order valence-electron chi connectivity index (χ2n) is 5.98. The largest absolute Gasteiger partial charge is 0.408 e. The summed E-state index contributed by atoms with van der Waals surface area (Å²) in [6.45, 7) is 3.78. The second-order valence-corrected chi connectivity index (χ2v) is 7.95. The molecule has 2 atom stereocenters. The molecule has 5 nitrogen and oxygen atoms in total. The van der Waals surface area contributed by atoms with E-state index in [0.29, 0.717) is 23.7 Å². The van der Waals surface area contributed by atoms with E-state index in [0.717, 1.165) is 12.6 Å². The Kier molecular flexibility index (Phi) is 4.86. The predicted molar refractivity (Wildman–Crippen MR) is 75.4 cm³/mol. The van der Waals surface area contributed by atoms with Crippen LogP contribution in [0, 0.1) is 11.8 Å². The zero-order chi connectivity index (χ0) is 16.5. The van der Waals surface area contributed by atoms with Gasteiger partial charge in [0.2, 0.25) is 10.0 Å². The first-order chi connectivity index (χ1) is 10.1. The van der Waals surface area contributed by atoms with E-state index < -0.39 is 22.7 Å². The van der Waals surface area contributed by atoms with Crippen molar-refractivity contribution in [1.29, 1.82) is 0 Å². The summed E-state index contributed by atoms with van der Waals surface area (Å²) >= 11 is 0. The first-order valence-corrected chi connectivity index (χ1v) is 8.74. The molecular weight excluding hydrogens is 319 g/mol. The monoisotopic (exact) mass is 339 g/mol. The van der Waals surface area contributed by atoms with Gasteiger partial charge < -0.3 is 0 Å². The molecule has 1 aliphatic heterocycles. The molecule has 0 aliphatic carbocycles. The van der Waals surface area contributed by atoms with Crippen LogP contribution in [0.2, 0.25) is 0 Å². The Labute approximate surface area is 128 Å². The van der Waals surface area contributed by atoms with E-state index in [4.69, 9.17) is 0 Å². The lowest BCUT2D eigenvalue weighted by Crippen LogP contribution is -2.42. The van der Waals surface area contributed by atoms with Gasteiger partial charge in [0.15, 0.2) is 0 Å². The van der Waals surface area contributed by atoms with Crippen molar-refractivity contribution in [2.45, 2.75) is 38.7 Å². The van der Waals surface area contributed by atoms with Crippen LogP contribution in [-0.4, -0.2) is 41.8 Å². The average molecular weight is 339 g/mol. The number of sulfonamides is 1. The molecule has 0 saturated carbocycles. The summed E-state index contributed by atoms with van der Waals surface area (Å²) in [5.74, 6) is 0.377. The van der Waals surface area contributed by atoms with Gasteiger partial charge in [-0.2, -0.15) is 18.3 Å². The molecule has 0 amide bonds. The van der Waals surface area contributed by atoms with Crippen LogP contribution >= 0.6 is 0 Å². The molecule has 0 N–H and O–H groups in total. The van der Waals surface area contributed by atoms with Crippen LogP contribution in [0.5, 0.6) is 0 Å². The van der Waals surface area contributed by atoms with Crippen molar-refractivity contribution in [2.24, 2.45) is 11.8 Å². The fourth-order valence-corrected chi connectivity index (χ4v) is 4.06. The third kappa shape index (κ3) is 4.45. The van der Waals surface area contributed by atoms with Crippen molar-refractivity contribution < 1.29 is 21.6 Å². The number of hydrogen-bond donors (Lipinski definition) is 0. The van der Waals surface area contributed by atoms with E-state index in [2.05, 4.69) is 12.0 Å². The van der Waals surface area contributed by atoms with Crippen LogP contribution in [0.1, 0.15) is 26.0 Å². The van der Waals surface area contributed by atoms with Gasteiger partial charge in [0.25, 0.3) is 0 Å². The molecule has 1 aromatic heterocycles. The van der Waals surface area contributed by atoms with Crippen molar-refractivity contribution in [2.75, 3.05) is 13.1 Å². The number of piperidine rings is 1. The van der Waals surface area contributed by atoms with Crippen LogP contribution in [0.4, 0.5) is 13.2 Å². The maximum Gasteiger partial charge on any atom is 0.408 e. The Morgan fingerprint density at radius 1 is 1.32 bits per heavy atom. The fourth-order valence-electron chi connectivity index (χ4n) is 2.51. The number of hydrogen-bond acceptors (Lipinski definition) is 3. The molecule has 0 aromatic carbocycles. The highest BCUT2D eigenvalue weighted by atomic mass is 32.2. The molecule has 2 unspecified atom stereocenters. The maximum atomic E-state index is 12.4. The normalized spacial score (nSPS) is 24.6. The molecule has 2 heterocycles. The van der Waals surface area contributed by atoms with Gasteiger partial charge in [-0.15, -0.1) is 0 Å².